The summed E-state index contributed by atoms with van der Waals surface area (Å²) in [5.74, 6) is 0.646. The first-order chi connectivity index (χ1) is 13.7. The third-order valence-corrected chi connectivity index (χ3v) is 4.83. The van der Waals surface area contributed by atoms with E-state index in [1.807, 2.05) is 6.07 Å². The van der Waals surface area contributed by atoms with E-state index in [1.165, 1.54) is 18.7 Å². The summed E-state index contributed by atoms with van der Waals surface area (Å²) in [5, 5.41) is 11.9. The van der Waals surface area contributed by atoms with Gasteiger partial charge in [0.1, 0.15) is 11.6 Å². The molecule has 0 aliphatic heterocycles. The van der Waals surface area contributed by atoms with Gasteiger partial charge in [0.05, 0.1) is 14.2 Å². The zero-order valence-electron chi connectivity index (χ0n) is 16.9. The third kappa shape index (κ3) is 4.89. The van der Waals surface area contributed by atoms with Gasteiger partial charge in [-0.25, -0.2) is 9.48 Å². The molecule has 0 unspecified atom stereocenters. The molecule has 154 valence electrons. The summed E-state index contributed by atoms with van der Waals surface area (Å²) in [7, 11) is 3.05. The van der Waals surface area contributed by atoms with E-state index in [1.54, 1.807) is 36.0 Å². The van der Waals surface area contributed by atoms with Gasteiger partial charge < -0.3 is 14.8 Å². The third-order valence-electron chi connectivity index (χ3n) is 3.79. The van der Waals surface area contributed by atoms with Gasteiger partial charge in [-0.3, -0.25) is 4.79 Å². The number of rotatable bonds is 6. The fourth-order valence-corrected chi connectivity index (χ4v) is 3.50. The number of amides is 1. The number of methoxy groups -OCH3 is 2. The number of aromatic nitrogens is 4. The maximum absolute atomic E-state index is 12.6. The molecule has 10 heteroatoms. The number of anilines is 1. The molecule has 29 heavy (non-hydrogen) atoms. The van der Waals surface area contributed by atoms with Crippen molar-refractivity contribution >= 4 is 29.0 Å². The van der Waals surface area contributed by atoms with Crippen LogP contribution < -0.4 is 20.5 Å². The van der Waals surface area contributed by atoms with Crippen LogP contribution in [0.2, 0.25) is 0 Å². The average Bonchev–Trinajstić information content (AvgIpc) is 2.95. The van der Waals surface area contributed by atoms with Gasteiger partial charge in [0.25, 0.3) is 0 Å². The second kappa shape index (κ2) is 8.16. The molecule has 1 N–H and O–H groups in total. The number of nitrogens with one attached hydrogen (secondary N) is 1. The van der Waals surface area contributed by atoms with Crippen molar-refractivity contribution in [3.8, 4) is 11.5 Å². The molecule has 0 atom stereocenters. The lowest BCUT2D eigenvalue weighted by Gasteiger charge is -2.16. The van der Waals surface area contributed by atoms with Crippen molar-refractivity contribution in [1.82, 2.24) is 19.4 Å². The van der Waals surface area contributed by atoms with Crippen molar-refractivity contribution in [2.24, 2.45) is 0 Å². The van der Waals surface area contributed by atoms with Crippen molar-refractivity contribution in [3.63, 3.8) is 0 Å². The van der Waals surface area contributed by atoms with Crippen LogP contribution in [-0.4, -0.2) is 44.3 Å². The standard InChI is InChI=1S/C19H23N5O4S/c1-19(2,3)29-17-9-8-15-21-23(18(26)24(15)22-17)11-16(25)20-12-6-7-13(27-4)14(10-12)28-5/h6-10H,11H2,1-5H3,(H,20,25). The quantitative estimate of drug-likeness (QED) is 0.615. The lowest BCUT2D eigenvalue weighted by Crippen LogP contribution is -2.29. The highest BCUT2D eigenvalue weighted by Gasteiger charge is 2.16. The van der Waals surface area contributed by atoms with Gasteiger partial charge in [0.2, 0.25) is 5.91 Å². The average molecular weight is 417 g/mol. The fraction of sp³-hybridized carbons (Fsp3) is 0.368. The van der Waals surface area contributed by atoms with Crippen LogP contribution in [0.15, 0.2) is 40.2 Å². The molecule has 0 fully saturated rings. The molecule has 3 rings (SSSR count). The van der Waals surface area contributed by atoms with Gasteiger partial charge in [-0.05, 0) is 24.3 Å². The molecule has 2 aromatic heterocycles. The summed E-state index contributed by atoms with van der Waals surface area (Å²) < 4.78 is 12.7. The summed E-state index contributed by atoms with van der Waals surface area (Å²) in [6.45, 7) is 5.95. The molecule has 0 spiro atoms. The zero-order valence-corrected chi connectivity index (χ0v) is 17.7. The molecule has 0 bridgehead atoms. The maximum atomic E-state index is 12.6. The lowest BCUT2D eigenvalue weighted by molar-refractivity contribution is -0.117. The molecule has 2 heterocycles. The summed E-state index contributed by atoms with van der Waals surface area (Å²) in [5.41, 5.74) is 0.428. The topological polar surface area (TPSA) is 99.7 Å². The monoisotopic (exact) mass is 417 g/mol. The van der Waals surface area contributed by atoms with E-state index >= 15 is 0 Å². The minimum Gasteiger partial charge on any atom is -0.493 e. The number of hydrogen-bond donors (Lipinski definition) is 1. The molecule has 0 radical (unpaired) electrons. The molecule has 0 aliphatic rings. The van der Waals surface area contributed by atoms with Gasteiger partial charge >= 0.3 is 5.69 Å². The van der Waals surface area contributed by atoms with Crippen LogP contribution >= 0.6 is 11.8 Å². The minimum atomic E-state index is -0.473. The molecule has 9 nitrogen and oxygen atoms in total. The molecule has 1 aromatic carbocycles. The van der Waals surface area contributed by atoms with E-state index in [0.717, 1.165) is 4.68 Å². The Labute approximate surface area is 172 Å². The molecular weight excluding hydrogens is 394 g/mol. The highest BCUT2D eigenvalue weighted by molar-refractivity contribution is 8.00. The van der Waals surface area contributed by atoms with Crippen molar-refractivity contribution in [1.29, 1.82) is 0 Å². The highest BCUT2D eigenvalue weighted by Crippen LogP contribution is 2.30. The number of carbonyl (C=O) groups is 1. The Balaban J connectivity index is 1.78. The summed E-state index contributed by atoms with van der Waals surface area (Å²) in [6, 6.07) is 8.53. The van der Waals surface area contributed by atoms with E-state index in [-0.39, 0.29) is 11.3 Å². The Morgan fingerprint density at radius 2 is 1.83 bits per heavy atom. The van der Waals surface area contributed by atoms with Crippen molar-refractivity contribution in [3.05, 3.63) is 40.8 Å². The van der Waals surface area contributed by atoms with Crippen molar-refractivity contribution < 1.29 is 14.3 Å². The maximum Gasteiger partial charge on any atom is 0.367 e. The predicted octanol–water partition coefficient (Wildman–Crippen LogP) is 2.44. The van der Waals surface area contributed by atoms with Gasteiger partial charge in [-0.15, -0.1) is 5.10 Å². The predicted molar refractivity (Wildman–Crippen MR) is 111 cm³/mol. The van der Waals surface area contributed by atoms with E-state index in [0.29, 0.717) is 27.9 Å². The van der Waals surface area contributed by atoms with E-state index in [2.05, 4.69) is 36.3 Å². The smallest absolute Gasteiger partial charge is 0.367 e. The number of thioether (sulfide) groups is 1. The van der Waals surface area contributed by atoms with E-state index in [9.17, 15) is 9.59 Å². The van der Waals surface area contributed by atoms with Crippen molar-refractivity contribution in [2.45, 2.75) is 37.1 Å². The molecule has 3 aromatic rings. The number of hydrogen-bond acceptors (Lipinski definition) is 7. The Hall–Kier alpha value is -3.01. The minimum absolute atomic E-state index is 0.0421. The van der Waals surface area contributed by atoms with Crippen LogP contribution in [0.1, 0.15) is 20.8 Å². The fourth-order valence-electron chi connectivity index (χ4n) is 2.61. The first kappa shape index (κ1) is 20.7. The molecule has 0 aliphatic carbocycles. The largest absolute Gasteiger partial charge is 0.493 e. The SMILES string of the molecule is COc1ccc(NC(=O)Cn2nc3ccc(SC(C)(C)C)nn3c2=O)cc1OC. The van der Waals surface area contributed by atoms with Crippen LogP contribution in [0.4, 0.5) is 5.69 Å². The zero-order chi connectivity index (χ0) is 21.2. The van der Waals surface area contributed by atoms with Gasteiger partial charge in [0, 0.05) is 16.5 Å². The molecular formula is C19H23N5O4S. The van der Waals surface area contributed by atoms with Gasteiger partial charge in [-0.1, -0.05) is 32.5 Å². The second-order valence-corrected chi connectivity index (χ2v) is 9.06. The number of benzene rings is 1. The lowest BCUT2D eigenvalue weighted by atomic mass is 10.2. The Morgan fingerprint density at radius 3 is 2.48 bits per heavy atom. The van der Waals surface area contributed by atoms with Crippen LogP contribution in [0.25, 0.3) is 5.65 Å². The number of fused-ring (bicyclic) bond motifs is 1. The molecule has 0 saturated heterocycles. The number of nitrogens with zero attached hydrogens (tertiary/aromatic N) is 4. The second-order valence-electron chi connectivity index (χ2n) is 7.21. The van der Waals surface area contributed by atoms with Gasteiger partial charge in [0.15, 0.2) is 17.1 Å². The van der Waals surface area contributed by atoms with Crippen LogP contribution in [-0.2, 0) is 11.3 Å². The molecule has 0 saturated carbocycles. The summed E-state index contributed by atoms with van der Waals surface area (Å²) >= 11 is 1.55. The van der Waals surface area contributed by atoms with Crippen molar-refractivity contribution in [2.75, 3.05) is 19.5 Å². The Kier molecular flexibility index (Phi) is 5.83. The van der Waals surface area contributed by atoms with E-state index < -0.39 is 11.6 Å². The summed E-state index contributed by atoms with van der Waals surface area (Å²) in [6.07, 6.45) is 0. The van der Waals surface area contributed by atoms with Crippen LogP contribution in [0.5, 0.6) is 11.5 Å². The Bertz CT molecular complexity index is 1100. The first-order valence-electron chi connectivity index (χ1n) is 8.88. The number of carbonyl (C=O) groups excluding carboxylic acids is 1. The Morgan fingerprint density at radius 1 is 1.10 bits per heavy atom. The van der Waals surface area contributed by atoms with Crippen LogP contribution in [0, 0.1) is 0 Å². The highest BCUT2D eigenvalue weighted by atomic mass is 32.2. The van der Waals surface area contributed by atoms with Crippen LogP contribution in [0.3, 0.4) is 0 Å². The van der Waals surface area contributed by atoms with Gasteiger partial charge in [-0.2, -0.15) is 9.61 Å². The first-order valence-corrected chi connectivity index (χ1v) is 9.69. The molecule has 1 amide bonds. The number of ether oxygens (including phenoxy) is 2. The normalized spacial score (nSPS) is 11.5. The van der Waals surface area contributed by atoms with E-state index in [4.69, 9.17) is 9.47 Å². The summed E-state index contributed by atoms with van der Waals surface area (Å²) in [4.78, 5) is 25.0.